The molecule has 7 nitrogen and oxygen atoms in total. The molecule has 3 aromatic rings. The van der Waals surface area contributed by atoms with Gasteiger partial charge in [0.1, 0.15) is 0 Å². The zero-order valence-corrected chi connectivity index (χ0v) is 15.3. The molecule has 1 saturated carbocycles. The van der Waals surface area contributed by atoms with Crippen LogP contribution in [-0.2, 0) is 0 Å². The van der Waals surface area contributed by atoms with Crippen LogP contribution in [0.4, 0.5) is 0 Å². The van der Waals surface area contributed by atoms with E-state index in [1.165, 1.54) is 0 Å². The predicted molar refractivity (Wildman–Crippen MR) is 104 cm³/mol. The number of carbonyl (C=O) groups excluding carboxylic acids is 2. The lowest BCUT2D eigenvalue weighted by atomic mass is 10.2. The van der Waals surface area contributed by atoms with Crippen molar-refractivity contribution in [2.24, 2.45) is 0 Å². The second-order valence-corrected chi connectivity index (χ2v) is 6.72. The Labute approximate surface area is 162 Å². The van der Waals surface area contributed by atoms with E-state index >= 15 is 0 Å². The Bertz CT molecular complexity index is 965. The summed E-state index contributed by atoms with van der Waals surface area (Å²) in [5.41, 5.74) is 2.71. The number of carbonyl (C=O) groups is 2. The van der Waals surface area contributed by atoms with Crippen LogP contribution in [0.25, 0.3) is 5.69 Å². The molecule has 0 atom stereocenters. The number of nitrogens with zero attached hydrogens (tertiary/aromatic N) is 3. The van der Waals surface area contributed by atoms with Gasteiger partial charge in [-0.05, 0) is 37.1 Å². The molecule has 2 aromatic carbocycles. The van der Waals surface area contributed by atoms with E-state index in [2.05, 4.69) is 20.9 Å². The number of rotatable bonds is 7. The average molecular weight is 375 g/mol. The van der Waals surface area contributed by atoms with Crippen LogP contribution >= 0.6 is 0 Å². The summed E-state index contributed by atoms with van der Waals surface area (Å²) in [6, 6.07) is 18.7. The molecular formula is C21H21N5O2. The van der Waals surface area contributed by atoms with Crippen molar-refractivity contribution in [3.05, 3.63) is 77.6 Å². The third kappa shape index (κ3) is 3.93. The van der Waals surface area contributed by atoms with E-state index in [4.69, 9.17) is 0 Å². The van der Waals surface area contributed by atoms with Gasteiger partial charge in [0, 0.05) is 24.6 Å². The smallest absolute Gasteiger partial charge is 0.273 e. The van der Waals surface area contributed by atoms with Crippen molar-refractivity contribution in [2.45, 2.75) is 18.8 Å². The maximum Gasteiger partial charge on any atom is 0.273 e. The van der Waals surface area contributed by atoms with Gasteiger partial charge in [-0.1, -0.05) is 41.6 Å². The van der Waals surface area contributed by atoms with Crippen molar-refractivity contribution in [1.29, 1.82) is 0 Å². The molecule has 2 N–H and O–H groups in total. The minimum absolute atomic E-state index is 0.163. The van der Waals surface area contributed by atoms with Gasteiger partial charge in [0.15, 0.2) is 5.69 Å². The highest BCUT2D eigenvalue weighted by Gasteiger charge is 2.34. The molecule has 0 saturated heterocycles. The summed E-state index contributed by atoms with van der Waals surface area (Å²) < 4.78 is 1.75. The normalized spacial score (nSPS) is 13.1. The SMILES string of the molecule is O=C(NCCNC(=O)c1nnn(-c2ccccc2)c1C1CC1)c1ccccc1. The zero-order valence-electron chi connectivity index (χ0n) is 15.3. The van der Waals surface area contributed by atoms with E-state index in [-0.39, 0.29) is 11.8 Å². The standard InChI is InChI=1S/C21H21N5O2/c27-20(16-7-3-1-4-8-16)22-13-14-23-21(28)18-19(15-11-12-15)26(25-24-18)17-9-5-2-6-10-17/h1-10,15H,11-14H2,(H,22,27)(H,23,28). The summed E-state index contributed by atoms with van der Waals surface area (Å²) in [6.07, 6.45) is 2.07. The number of nitrogens with one attached hydrogen (secondary N) is 2. The van der Waals surface area contributed by atoms with Crippen LogP contribution in [0, 0.1) is 0 Å². The molecule has 142 valence electrons. The largest absolute Gasteiger partial charge is 0.350 e. The quantitative estimate of drug-likeness (QED) is 0.620. The molecule has 28 heavy (non-hydrogen) atoms. The van der Waals surface area contributed by atoms with E-state index < -0.39 is 0 Å². The van der Waals surface area contributed by atoms with Gasteiger partial charge in [0.05, 0.1) is 11.4 Å². The third-order valence-electron chi connectivity index (χ3n) is 4.62. The predicted octanol–water partition coefficient (Wildman–Crippen LogP) is 2.30. The lowest BCUT2D eigenvalue weighted by molar-refractivity contribution is 0.0924. The molecule has 0 spiro atoms. The number of amides is 2. The van der Waals surface area contributed by atoms with Crippen molar-refractivity contribution >= 4 is 11.8 Å². The molecule has 1 aromatic heterocycles. The average Bonchev–Trinajstić information content (AvgIpc) is 3.49. The summed E-state index contributed by atoms with van der Waals surface area (Å²) in [5, 5.41) is 13.9. The van der Waals surface area contributed by atoms with Crippen LogP contribution in [0.2, 0.25) is 0 Å². The van der Waals surface area contributed by atoms with Gasteiger partial charge in [0.2, 0.25) is 0 Å². The Hall–Kier alpha value is -3.48. The fourth-order valence-corrected chi connectivity index (χ4v) is 3.06. The van der Waals surface area contributed by atoms with Crippen LogP contribution in [0.3, 0.4) is 0 Å². The van der Waals surface area contributed by atoms with Crippen LogP contribution in [0.5, 0.6) is 0 Å². The molecule has 0 unspecified atom stereocenters. The molecule has 2 amide bonds. The van der Waals surface area contributed by atoms with E-state index in [0.29, 0.717) is 30.3 Å². The summed E-state index contributed by atoms with van der Waals surface area (Å²) in [4.78, 5) is 24.6. The summed E-state index contributed by atoms with van der Waals surface area (Å²) in [6.45, 7) is 0.658. The van der Waals surface area contributed by atoms with Gasteiger partial charge in [0.25, 0.3) is 11.8 Å². The highest BCUT2D eigenvalue weighted by molar-refractivity contribution is 5.95. The molecule has 0 radical (unpaired) electrons. The van der Waals surface area contributed by atoms with Gasteiger partial charge < -0.3 is 10.6 Å². The van der Waals surface area contributed by atoms with Crippen LogP contribution in [-0.4, -0.2) is 39.9 Å². The number of para-hydroxylation sites is 1. The Morgan fingerprint density at radius 2 is 1.50 bits per heavy atom. The van der Waals surface area contributed by atoms with E-state index in [1.807, 2.05) is 48.5 Å². The van der Waals surface area contributed by atoms with Crippen molar-refractivity contribution in [1.82, 2.24) is 25.6 Å². The Kier molecular flexibility index (Phi) is 5.14. The first-order chi connectivity index (χ1) is 13.7. The summed E-state index contributed by atoms with van der Waals surface area (Å²) in [5.74, 6) is -0.115. The molecular weight excluding hydrogens is 354 g/mol. The number of aromatic nitrogens is 3. The minimum Gasteiger partial charge on any atom is -0.350 e. The number of benzene rings is 2. The number of hydrogen-bond donors (Lipinski definition) is 2. The van der Waals surface area contributed by atoms with Gasteiger partial charge in [-0.25, -0.2) is 4.68 Å². The van der Waals surface area contributed by atoms with Crippen molar-refractivity contribution < 1.29 is 9.59 Å². The van der Waals surface area contributed by atoms with Gasteiger partial charge in [-0.15, -0.1) is 5.10 Å². The van der Waals surface area contributed by atoms with E-state index in [1.54, 1.807) is 16.8 Å². The Balaban J connectivity index is 1.38. The molecule has 1 aliphatic carbocycles. The molecule has 4 rings (SSSR count). The minimum atomic E-state index is -0.266. The molecule has 1 aliphatic rings. The Morgan fingerprint density at radius 3 is 2.14 bits per heavy atom. The first kappa shape index (κ1) is 17.9. The van der Waals surface area contributed by atoms with Gasteiger partial charge >= 0.3 is 0 Å². The second-order valence-electron chi connectivity index (χ2n) is 6.72. The summed E-state index contributed by atoms with van der Waals surface area (Å²) in [7, 11) is 0. The maximum atomic E-state index is 12.6. The van der Waals surface area contributed by atoms with Gasteiger partial charge in [-0.3, -0.25) is 9.59 Å². The van der Waals surface area contributed by atoms with Crippen LogP contribution in [0.15, 0.2) is 60.7 Å². The Morgan fingerprint density at radius 1 is 0.893 bits per heavy atom. The lowest BCUT2D eigenvalue weighted by Gasteiger charge is -2.08. The fourth-order valence-electron chi connectivity index (χ4n) is 3.06. The maximum absolute atomic E-state index is 12.6. The molecule has 1 heterocycles. The third-order valence-corrected chi connectivity index (χ3v) is 4.62. The van der Waals surface area contributed by atoms with E-state index in [0.717, 1.165) is 24.2 Å². The zero-order chi connectivity index (χ0) is 19.3. The molecule has 7 heteroatoms. The monoisotopic (exact) mass is 375 g/mol. The topological polar surface area (TPSA) is 88.9 Å². The lowest BCUT2D eigenvalue weighted by Crippen LogP contribution is -2.35. The van der Waals surface area contributed by atoms with Crippen molar-refractivity contribution in [3.8, 4) is 5.69 Å². The molecule has 0 aliphatic heterocycles. The number of hydrogen-bond acceptors (Lipinski definition) is 4. The highest BCUT2D eigenvalue weighted by atomic mass is 16.2. The van der Waals surface area contributed by atoms with Crippen molar-refractivity contribution in [3.63, 3.8) is 0 Å². The van der Waals surface area contributed by atoms with E-state index in [9.17, 15) is 9.59 Å². The summed E-state index contributed by atoms with van der Waals surface area (Å²) >= 11 is 0. The van der Waals surface area contributed by atoms with Crippen LogP contribution in [0.1, 0.15) is 45.3 Å². The van der Waals surface area contributed by atoms with Gasteiger partial charge in [-0.2, -0.15) is 0 Å². The molecule has 0 bridgehead atoms. The second kappa shape index (κ2) is 8.04. The fraction of sp³-hybridized carbons (Fsp3) is 0.238. The van der Waals surface area contributed by atoms with Crippen molar-refractivity contribution in [2.75, 3.05) is 13.1 Å². The van der Waals surface area contributed by atoms with Crippen LogP contribution < -0.4 is 10.6 Å². The highest BCUT2D eigenvalue weighted by Crippen LogP contribution is 2.41. The first-order valence-electron chi connectivity index (χ1n) is 9.36. The molecule has 1 fully saturated rings. The first-order valence-corrected chi connectivity index (χ1v) is 9.36.